The van der Waals surface area contributed by atoms with Gasteiger partial charge in [-0.1, -0.05) is 13.0 Å². The SMILES string of the molecule is CCc1cc(C(=O)NNC(=S)NCCc2ccc(OC)c(OC)c2)sc1C. The normalized spacial score (nSPS) is 10.2. The van der Waals surface area contributed by atoms with E-state index in [-0.39, 0.29) is 5.91 Å². The lowest BCUT2D eigenvalue weighted by molar-refractivity contribution is 0.0947. The number of methoxy groups -OCH3 is 2. The third-order valence-electron chi connectivity index (χ3n) is 4.06. The fourth-order valence-electron chi connectivity index (χ4n) is 2.56. The molecule has 8 heteroatoms. The number of rotatable bonds is 7. The first kappa shape index (κ1) is 21.0. The van der Waals surface area contributed by atoms with E-state index in [1.54, 1.807) is 14.2 Å². The average Bonchev–Trinajstić information content (AvgIpc) is 3.06. The molecule has 6 nitrogen and oxygen atoms in total. The number of aryl methyl sites for hydroxylation is 2. The van der Waals surface area contributed by atoms with Gasteiger partial charge < -0.3 is 14.8 Å². The highest BCUT2D eigenvalue weighted by Gasteiger charge is 2.11. The molecule has 146 valence electrons. The van der Waals surface area contributed by atoms with Gasteiger partial charge in [0.2, 0.25) is 0 Å². The van der Waals surface area contributed by atoms with Crippen molar-refractivity contribution in [2.75, 3.05) is 20.8 Å². The molecule has 1 aromatic carbocycles. The van der Waals surface area contributed by atoms with E-state index in [0.29, 0.717) is 28.0 Å². The van der Waals surface area contributed by atoms with E-state index >= 15 is 0 Å². The van der Waals surface area contributed by atoms with Crippen LogP contribution in [-0.4, -0.2) is 31.8 Å². The second-order valence-electron chi connectivity index (χ2n) is 5.82. The summed E-state index contributed by atoms with van der Waals surface area (Å²) < 4.78 is 10.5. The fraction of sp³-hybridized carbons (Fsp3) is 0.368. The van der Waals surface area contributed by atoms with Crippen LogP contribution in [-0.2, 0) is 12.8 Å². The first-order chi connectivity index (χ1) is 13.0. The Balaban J connectivity index is 1.77. The van der Waals surface area contributed by atoms with Crippen molar-refractivity contribution in [3.05, 3.63) is 45.1 Å². The van der Waals surface area contributed by atoms with E-state index in [0.717, 1.165) is 18.4 Å². The molecule has 0 bridgehead atoms. The summed E-state index contributed by atoms with van der Waals surface area (Å²) in [6, 6.07) is 7.71. The Hall–Kier alpha value is -2.32. The Kier molecular flexibility index (Phi) is 7.87. The van der Waals surface area contributed by atoms with Gasteiger partial charge in [-0.2, -0.15) is 0 Å². The Morgan fingerprint density at radius 2 is 1.89 bits per heavy atom. The van der Waals surface area contributed by atoms with Crippen LogP contribution in [0.25, 0.3) is 0 Å². The van der Waals surface area contributed by atoms with Crippen molar-refractivity contribution in [2.24, 2.45) is 0 Å². The van der Waals surface area contributed by atoms with Crippen molar-refractivity contribution in [3.8, 4) is 11.5 Å². The topological polar surface area (TPSA) is 71.6 Å². The molecule has 0 aliphatic heterocycles. The maximum Gasteiger partial charge on any atom is 0.279 e. The van der Waals surface area contributed by atoms with Crippen LogP contribution in [0.4, 0.5) is 0 Å². The van der Waals surface area contributed by atoms with Gasteiger partial charge in [-0.05, 0) is 61.3 Å². The number of amides is 1. The minimum atomic E-state index is -0.188. The highest BCUT2D eigenvalue weighted by atomic mass is 32.1. The molecule has 0 fully saturated rings. The molecular weight excluding hydrogens is 382 g/mol. The molecule has 2 rings (SSSR count). The lowest BCUT2D eigenvalue weighted by Gasteiger charge is -2.12. The van der Waals surface area contributed by atoms with E-state index in [9.17, 15) is 4.79 Å². The van der Waals surface area contributed by atoms with E-state index in [1.165, 1.54) is 21.8 Å². The summed E-state index contributed by atoms with van der Waals surface area (Å²) in [5, 5.41) is 3.44. The van der Waals surface area contributed by atoms with Gasteiger partial charge in [0, 0.05) is 11.4 Å². The summed E-state index contributed by atoms with van der Waals surface area (Å²) >= 11 is 6.68. The van der Waals surface area contributed by atoms with Gasteiger partial charge in [0.05, 0.1) is 19.1 Å². The molecule has 0 saturated heterocycles. The van der Waals surface area contributed by atoms with E-state index in [4.69, 9.17) is 21.7 Å². The number of carbonyl (C=O) groups is 1. The number of nitrogens with one attached hydrogen (secondary N) is 3. The number of hydrogen-bond acceptors (Lipinski definition) is 5. The number of thiophene rings is 1. The van der Waals surface area contributed by atoms with Gasteiger partial charge in [-0.15, -0.1) is 11.3 Å². The van der Waals surface area contributed by atoms with Gasteiger partial charge in [-0.3, -0.25) is 15.6 Å². The third kappa shape index (κ3) is 5.83. The van der Waals surface area contributed by atoms with Crippen molar-refractivity contribution in [1.82, 2.24) is 16.2 Å². The van der Waals surface area contributed by atoms with Gasteiger partial charge in [0.15, 0.2) is 16.6 Å². The van der Waals surface area contributed by atoms with Gasteiger partial charge in [0.25, 0.3) is 5.91 Å². The Morgan fingerprint density at radius 3 is 2.52 bits per heavy atom. The summed E-state index contributed by atoms with van der Waals surface area (Å²) in [5.74, 6) is 1.21. The molecule has 1 heterocycles. The molecule has 0 saturated carbocycles. The van der Waals surface area contributed by atoms with Crippen molar-refractivity contribution in [3.63, 3.8) is 0 Å². The van der Waals surface area contributed by atoms with Crippen molar-refractivity contribution < 1.29 is 14.3 Å². The molecule has 0 atom stereocenters. The predicted octanol–water partition coefficient (Wildman–Crippen LogP) is 2.99. The molecule has 0 aliphatic carbocycles. The highest BCUT2D eigenvalue weighted by Crippen LogP contribution is 2.27. The zero-order valence-corrected chi connectivity index (χ0v) is 17.6. The number of hydrogen-bond donors (Lipinski definition) is 3. The molecular formula is C19H25N3O3S2. The molecule has 0 spiro atoms. The molecule has 0 unspecified atom stereocenters. The zero-order chi connectivity index (χ0) is 19.8. The molecule has 3 N–H and O–H groups in total. The van der Waals surface area contributed by atoms with Crippen molar-refractivity contribution >= 4 is 34.6 Å². The summed E-state index contributed by atoms with van der Waals surface area (Å²) in [7, 11) is 3.22. The van der Waals surface area contributed by atoms with Crippen LogP contribution in [0.1, 0.15) is 32.6 Å². The Bertz CT molecular complexity index is 805. The zero-order valence-electron chi connectivity index (χ0n) is 16.0. The third-order valence-corrected chi connectivity index (χ3v) is 5.40. The predicted molar refractivity (Wildman–Crippen MR) is 113 cm³/mol. The minimum absolute atomic E-state index is 0.188. The van der Waals surface area contributed by atoms with Gasteiger partial charge in [-0.25, -0.2) is 0 Å². The van der Waals surface area contributed by atoms with Crippen LogP contribution in [0.5, 0.6) is 11.5 Å². The molecule has 1 amide bonds. The lowest BCUT2D eigenvalue weighted by Crippen LogP contribution is -2.47. The first-order valence-corrected chi connectivity index (χ1v) is 9.85. The number of benzene rings is 1. The number of ether oxygens (including phenoxy) is 2. The van der Waals surface area contributed by atoms with Crippen LogP contribution in [0, 0.1) is 6.92 Å². The standard InChI is InChI=1S/C19H25N3O3S2/c1-5-14-11-17(27-12(14)2)18(23)21-22-19(26)20-9-8-13-6-7-15(24-3)16(10-13)25-4/h6-7,10-11H,5,8-9H2,1-4H3,(H,21,23)(H2,20,22,26). The van der Waals surface area contributed by atoms with Crippen molar-refractivity contribution in [1.29, 1.82) is 0 Å². The van der Waals surface area contributed by atoms with Crippen LogP contribution in [0.2, 0.25) is 0 Å². The van der Waals surface area contributed by atoms with Crippen LogP contribution in [0.3, 0.4) is 0 Å². The minimum Gasteiger partial charge on any atom is -0.493 e. The molecule has 1 aromatic heterocycles. The van der Waals surface area contributed by atoms with Gasteiger partial charge >= 0.3 is 0 Å². The largest absolute Gasteiger partial charge is 0.493 e. The molecule has 0 radical (unpaired) electrons. The van der Waals surface area contributed by atoms with Crippen LogP contribution >= 0.6 is 23.6 Å². The maximum absolute atomic E-state index is 12.2. The number of hydrazine groups is 1. The second-order valence-corrected chi connectivity index (χ2v) is 7.48. The van der Waals surface area contributed by atoms with E-state index in [2.05, 4.69) is 23.1 Å². The van der Waals surface area contributed by atoms with E-state index in [1.807, 2.05) is 31.2 Å². The molecule has 0 aliphatic rings. The van der Waals surface area contributed by atoms with Crippen LogP contribution < -0.4 is 25.6 Å². The average molecular weight is 408 g/mol. The molecule has 2 aromatic rings. The van der Waals surface area contributed by atoms with Gasteiger partial charge in [0.1, 0.15) is 0 Å². The fourth-order valence-corrected chi connectivity index (χ4v) is 3.72. The van der Waals surface area contributed by atoms with Crippen LogP contribution in [0.15, 0.2) is 24.3 Å². The summed E-state index contributed by atoms with van der Waals surface area (Å²) in [4.78, 5) is 14.0. The van der Waals surface area contributed by atoms with E-state index < -0.39 is 0 Å². The van der Waals surface area contributed by atoms with Crippen molar-refractivity contribution in [2.45, 2.75) is 26.7 Å². The number of carbonyl (C=O) groups excluding carboxylic acids is 1. The second kappa shape index (κ2) is 10.1. The summed E-state index contributed by atoms with van der Waals surface area (Å²) in [6.07, 6.45) is 1.67. The Morgan fingerprint density at radius 1 is 1.15 bits per heavy atom. The quantitative estimate of drug-likeness (QED) is 0.484. The maximum atomic E-state index is 12.2. The molecule has 27 heavy (non-hydrogen) atoms. The smallest absolute Gasteiger partial charge is 0.279 e. The summed E-state index contributed by atoms with van der Waals surface area (Å²) in [6.45, 7) is 4.72. The number of thiocarbonyl (C=S) groups is 1. The summed E-state index contributed by atoms with van der Waals surface area (Å²) in [5.41, 5.74) is 7.65. The highest BCUT2D eigenvalue weighted by molar-refractivity contribution is 7.80. The first-order valence-electron chi connectivity index (χ1n) is 8.62. The monoisotopic (exact) mass is 407 g/mol. The Labute approximate surface area is 169 Å². The lowest BCUT2D eigenvalue weighted by atomic mass is 10.1.